The maximum absolute atomic E-state index is 5.60. The van der Waals surface area contributed by atoms with Crippen molar-refractivity contribution in [3.8, 4) is 22.8 Å². The van der Waals surface area contributed by atoms with Gasteiger partial charge in [-0.05, 0) is 18.2 Å². The van der Waals surface area contributed by atoms with Crippen LogP contribution in [-0.4, -0.2) is 18.4 Å². The van der Waals surface area contributed by atoms with E-state index in [0.29, 0.717) is 13.2 Å². The van der Waals surface area contributed by atoms with Gasteiger partial charge in [-0.3, -0.25) is 0 Å². The Bertz CT molecular complexity index is 479. The molecule has 1 aliphatic heterocycles. The lowest BCUT2D eigenvalue weighted by atomic mass is 10.1. The highest BCUT2D eigenvalue weighted by molar-refractivity contribution is 5.63. The van der Waals surface area contributed by atoms with E-state index < -0.39 is 0 Å². The van der Waals surface area contributed by atoms with Crippen LogP contribution in [-0.2, 0) is 0 Å². The Labute approximate surface area is 92.8 Å². The maximum Gasteiger partial charge on any atom is 0.161 e. The number of benzene rings is 1. The summed E-state index contributed by atoms with van der Waals surface area (Å²) in [6.07, 6.45) is 2.46. The minimum absolute atomic E-state index is 0.690. The first-order valence-corrected chi connectivity index (χ1v) is 5.24. The maximum atomic E-state index is 5.60. The fourth-order valence-corrected chi connectivity index (χ4v) is 1.68. The molecule has 1 aliphatic rings. The molecule has 16 heavy (non-hydrogen) atoms. The molecule has 0 saturated heterocycles. The van der Waals surface area contributed by atoms with Crippen molar-refractivity contribution in [3.05, 3.63) is 30.5 Å². The van der Waals surface area contributed by atoms with Crippen LogP contribution in [0.15, 0.2) is 35.1 Å². The Hall–Kier alpha value is -1.97. The van der Waals surface area contributed by atoms with Crippen molar-refractivity contribution in [2.24, 2.45) is 0 Å². The lowest BCUT2D eigenvalue weighted by molar-refractivity contribution is 0.297. The first-order valence-electron chi connectivity index (χ1n) is 5.24. The van der Waals surface area contributed by atoms with Crippen molar-refractivity contribution >= 4 is 0 Å². The van der Waals surface area contributed by atoms with Crippen molar-refractivity contribution < 1.29 is 14.0 Å². The predicted octanol–water partition coefficient (Wildman–Crippen LogP) is 2.50. The number of rotatable bonds is 1. The van der Waals surface area contributed by atoms with Crippen molar-refractivity contribution in [1.29, 1.82) is 0 Å². The van der Waals surface area contributed by atoms with E-state index >= 15 is 0 Å². The summed E-state index contributed by atoms with van der Waals surface area (Å²) in [5, 5.41) is 3.89. The van der Waals surface area contributed by atoms with Crippen LogP contribution in [0.1, 0.15) is 6.42 Å². The van der Waals surface area contributed by atoms with Gasteiger partial charge in [0, 0.05) is 18.1 Å². The summed E-state index contributed by atoms with van der Waals surface area (Å²) < 4.78 is 16.0. The Morgan fingerprint density at radius 1 is 1.00 bits per heavy atom. The quantitative estimate of drug-likeness (QED) is 0.736. The first-order chi connectivity index (χ1) is 7.93. The molecular weight excluding hydrogens is 206 g/mol. The van der Waals surface area contributed by atoms with Gasteiger partial charge in [-0.25, -0.2) is 0 Å². The molecule has 0 unspecified atom stereocenters. The van der Waals surface area contributed by atoms with Crippen LogP contribution in [0.25, 0.3) is 11.3 Å². The average molecular weight is 217 g/mol. The number of nitrogens with zero attached hydrogens (tertiary/aromatic N) is 1. The van der Waals surface area contributed by atoms with Crippen molar-refractivity contribution in [3.63, 3.8) is 0 Å². The SMILES string of the molecule is c1cc(-c2ccc3c(c2)OCCCO3)no1. The monoisotopic (exact) mass is 217 g/mol. The second-order valence-corrected chi connectivity index (χ2v) is 3.60. The van der Waals surface area contributed by atoms with Gasteiger partial charge in [0.2, 0.25) is 0 Å². The lowest BCUT2D eigenvalue weighted by Gasteiger charge is -2.07. The van der Waals surface area contributed by atoms with Gasteiger partial charge in [-0.15, -0.1) is 0 Å². The van der Waals surface area contributed by atoms with Gasteiger partial charge in [0.25, 0.3) is 0 Å². The van der Waals surface area contributed by atoms with Crippen molar-refractivity contribution in [2.75, 3.05) is 13.2 Å². The summed E-state index contributed by atoms with van der Waals surface area (Å²) in [6.45, 7) is 1.39. The fraction of sp³-hybridized carbons (Fsp3) is 0.250. The summed E-state index contributed by atoms with van der Waals surface area (Å²) in [5.41, 5.74) is 1.77. The minimum Gasteiger partial charge on any atom is -0.490 e. The van der Waals surface area contributed by atoms with E-state index in [2.05, 4.69) is 5.16 Å². The zero-order valence-corrected chi connectivity index (χ0v) is 8.68. The van der Waals surface area contributed by atoms with Crippen LogP contribution >= 0.6 is 0 Å². The smallest absolute Gasteiger partial charge is 0.161 e. The molecule has 0 saturated carbocycles. The third kappa shape index (κ3) is 1.62. The number of fused-ring (bicyclic) bond motifs is 1. The van der Waals surface area contributed by atoms with Gasteiger partial charge in [0.05, 0.1) is 13.2 Å². The molecule has 1 aromatic heterocycles. The summed E-state index contributed by atoms with van der Waals surface area (Å²) >= 11 is 0. The predicted molar refractivity (Wildman–Crippen MR) is 57.5 cm³/mol. The second-order valence-electron chi connectivity index (χ2n) is 3.60. The minimum atomic E-state index is 0.690. The third-order valence-electron chi connectivity index (χ3n) is 2.48. The molecule has 0 radical (unpaired) electrons. The normalized spacial score (nSPS) is 14.5. The Morgan fingerprint density at radius 2 is 1.88 bits per heavy atom. The van der Waals surface area contributed by atoms with Gasteiger partial charge in [0.15, 0.2) is 11.5 Å². The van der Waals surface area contributed by atoms with E-state index in [0.717, 1.165) is 29.2 Å². The fourth-order valence-electron chi connectivity index (χ4n) is 1.68. The number of hydrogen-bond donors (Lipinski definition) is 0. The van der Waals surface area contributed by atoms with Crippen LogP contribution in [0.5, 0.6) is 11.5 Å². The number of aromatic nitrogens is 1. The van der Waals surface area contributed by atoms with E-state index in [9.17, 15) is 0 Å². The Morgan fingerprint density at radius 3 is 2.69 bits per heavy atom. The lowest BCUT2D eigenvalue weighted by Crippen LogP contribution is -1.97. The topological polar surface area (TPSA) is 44.5 Å². The first kappa shape index (κ1) is 9.27. The third-order valence-corrected chi connectivity index (χ3v) is 2.48. The standard InChI is InChI=1S/C12H11NO3/c1-5-14-11-3-2-9(8-12(11)15-6-1)10-4-7-16-13-10/h2-4,7-8H,1,5-6H2. The molecule has 2 aromatic rings. The zero-order valence-electron chi connectivity index (χ0n) is 8.68. The van der Waals surface area contributed by atoms with Gasteiger partial charge in [-0.2, -0.15) is 0 Å². The highest BCUT2D eigenvalue weighted by atomic mass is 16.5. The van der Waals surface area contributed by atoms with Crippen molar-refractivity contribution in [1.82, 2.24) is 5.16 Å². The average Bonchev–Trinajstić information content (AvgIpc) is 2.74. The zero-order chi connectivity index (χ0) is 10.8. The number of hydrogen-bond acceptors (Lipinski definition) is 4. The molecule has 4 heteroatoms. The molecule has 0 fully saturated rings. The molecule has 82 valence electrons. The molecule has 0 N–H and O–H groups in total. The van der Waals surface area contributed by atoms with E-state index in [1.807, 2.05) is 24.3 Å². The molecular formula is C12H11NO3. The Kier molecular flexibility index (Phi) is 2.25. The van der Waals surface area contributed by atoms with E-state index in [1.165, 1.54) is 0 Å². The van der Waals surface area contributed by atoms with Crippen molar-refractivity contribution in [2.45, 2.75) is 6.42 Å². The van der Waals surface area contributed by atoms with Crippen LogP contribution < -0.4 is 9.47 Å². The molecule has 0 bridgehead atoms. The summed E-state index contributed by atoms with van der Waals surface area (Å²) in [4.78, 5) is 0. The molecule has 2 heterocycles. The number of ether oxygens (including phenoxy) is 2. The summed E-state index contributed by atoms with van der Waals surface area (Å²) in [6, 6.07) is 7.60. The Balaban J connectivity index is 2.01. The molecule has 0 aliphatic carbocycles. The van der Waals surface area contributed by atoms with Gasteiger partial charge < -0.3 is 14.0 Å². The largest absolute Gasteiger partial charge is 0.490 e. The van der Waals surface area contributed by atoms with Gasteiger partial charge in [0.1, 0.15) is 12.0 Å². The molecule has 3 rings (SSSR count). The molecule has 4 nitrogen and oxygen atoms in total. The molecule has 0 atom stereocenters. The highest BCUT2D eigenvalue weighted by Gasteiger charge is 2.12. The second kappa shape index (κ2) is 3.89. The molecule has 1 aromatic carbocycles. The van der Waals surface area contributed by atoms with E-state index in [4.69, 9.17) is 14.0 Å². The highest BCUT2D eigenvalue weighted by Crippen LogP contribution is 2.33. The van der Waals surface area contributed by atoms with Crippen LogP contribution in [0.3, 0.4) is 0 Å². The molecule has 0 spiro atoms. The van der Waals surface area contributed by atoms with Gasteiger partial charge in [-0.1, -0.05) is 5.16 Å². The van der Waals surface area contributed by atoms with Crippen LogP contribution in [0.4, 0.5) is 0 Å². The summed E-state index contributed by atoms with van der Waals surface area (Å²) in [7, 11) is 0. The van der Waals surface area contributed by atoms with Gasteiger partial charge >= 0.3 is 0 Å². The van der Waals surface area contributed by atoms with Crippen LogP contribution in [0, 0.1) is 0 Å². The van der Waals surface area contributed by atoms with E-state index in [1.54, 1.807) is 6.26 Å². The van der Waals surface area contributed by atoms with Crippen LogP contribution in [0.2, 0.25) is 0 Å². The summed E-state index contributed by atoms with van der Waals surface area (Å²) in [5.74, 6) is 1.57. The van der Waals surface area contributed by atoms with E-state index in [-0.39, 0.29) is 0 Å². The molecule has 0 amide bonds.